The van der Waals surface area contributed by atoms with E-state index in [2.05, 4.69) is 10.3 Å². The molecule has 0 radical (unpaired) electrons. The molecule has 0 bridgehead atoms. The minimum atomic E-state index is 0.0729. The van der Waals surface area contributed by atoms with E-state index in [1.165, 1.54) is 11.8 Å². The Balaban J connectivity index is 2.11. The zero-order valence-corrected chi connectivity index (χ0v) is 10.9. The first kappa shape index (κ1) is 12.0. The first-order valence-corrected chi connectivity index (χ1v) is 6.29. The number of hydrogen-bond donors (Lipinski definition) is 1. The lowest BCUT2D eigenvalue weighted by Gasteiger charge is -2.10. The molecule has 1 aromatic carbocycles. The van der Waals surface area contributed by atoms with Gasteiger partial charge in [0.1, 0.15) is 5.44 Å². The highest BCUT2D eigenvalue weighted by Gasteiger charge is 2.20. The first-order valence-electron chi connectivity index (χ1n) is 4.65. The minimum Gasteiger partial charge on any atom is -0.368 e. The van der Waals surface area contributed by atoms with E-state index < -0.39 is 0 Å². The fourth-order valence-corrected chi connectivity index (χ4v) is 2.57. The second-order valence-corrected chi connectivity index (χ2v) is 5.11. The second kappa shape index (κ2) is 5.27. The molecule has 6 heteroatoms. The SMILES string of the molecule is COC1CN=C(Nc2c(Cl)cccc2Cl)S1. The normalized spacial score (nSPS) is 19.7. The van der Waals surface area contributed by atoms with Gasteiger partial charge in [-0.25, -0.2) is 0 Å². The number of benzene rings is 1. The third-order valence-corrected chi connectivity index (χ3v) is 3.77. The van der Waals surface area contributed by atoms with Crippen molar-refractivity contribution in [2.24, 2.45) is 4.99 Å². The van der Waals surface area contributed by atoms with Gasteiger partial charge in [-0.3, -0.25) is 4.99 Å². The summed E-state index contributed by atoms with van der Waals surface area (Å²) in [6.45, 7) is 0.644. The van der Waals surface area contributed by atoms with Crippen molar-refractivity contribution in [1.29, 1.82) is 0 Å². The number of thioether (sulfide) groups is 1. The number of nitrogens with zero attached hydrogens (tertiary/aromatic N) is 1. The third-order valence-electron chi connectivity index (χ3n) is 2.08. The standard InChI is InChI=1S/C10H10Cl2N2OS/c1-15-8-5-13-10(16-8)14-9-6(11)3-2-4-7(9)12/h2-4,8H,5H2,1H3,(H,13,14). The van der Waals surface area contributed by atoms with Gasteiger partial charge in [0.2, 0.25) is 0 Å². The summed E-state index contributed by atoms with van der Waals surface area (Å²) in [7, 11) is 1.67. The molecule has 1 aliphatic heterocycles. The predicted molar refractivity (Wildman–Crippen MR) is 70.8 cm³/mol. The topological polar surface area (TPSA) is 33.6 Å². The maximum Gasteiger partial charge on any atom is 0.163 e. The molecule has 2 rings (SSSR count). The quantitative estimate of drug-likeness (QED) is 0.898. The molecule has 0 saturated heterocycles. The Morgan fingerprint density at radius 2 is 2.12 bits per heavy atom. The summed E-state index contributed by atoms with van der Waals surface area (Å²) in [6.07, 6.45) is 0. The van der Waals surface area contributed by atoms with Crippen molar-refractivity contribution < 1.29 is 4.74 Å². The molecule has 1 aliphatic rings. The van der Waals surface area contributed by atoms with Crippen LogP contribution >= 0.6 is 35.0 Å². The van der Waals surface area contributed by atoms with E-state index in [9.17, 15) is 0 Å². The summed E-state index contributed by atoms with van der Waals surface area (Å²) in [6, 6.07) is 5.37. The van der Waals surface area contributed by atoms with E-state index >= 15 is 0 Å². The molecular formula is C10H10Cl2N2OS. The first-order chi connectivity index (χ1) is 7.70. The molecule has 1 N–H and O–H groups in total. The molecule has 16 heavy (non-hydrogen) atoms. The molecule has 86 valence electrons. The minimum absolute atomic E-state index is 0.0729. The number of nitrogens with one attached hydrogen (secondary N) is 1. The maximum atomic E-state index is 6.04. The van der Waals surface area contributed by atoms with Gasteiger partial charge in [-0.1, -0.05) is 41.0 Å². The Bertz CT molecular complexity index is 405. The number of hydrogen-bond acceptors (Lipinski definition) is 4. The molecule has 1 atom stereocenters. The van der Waals surface area contributed by atoms with Crippen molar-refractivity contribution in [3.05, 3.63) is 28.2 Å². The lowest BCUT2D eigenvalue weighted by Crippen LogP contribution is -2.09. The molecule has 0 aromatic heterocycles. The lowest BCUT2D eigenvalue weighted by atomic mass is 10.3. The molecule has 3 nitrogen and oxygen atoms in total. The van der Waals surface area contributed by atoms with Gasteiger partial charge in [0, 0.05) is 7.11 Å². The molecule has 0 spiro atoms. The number of aliphatic imine (C=N–C) groups is 1. The number of para-hydroxylation sites is 1. The van der Waals surface area contributed by atoms with Crippen molar-refractivity contribution in [3.8, 4) is 0 Å². The van der Waals surface area contributed by atoms with Crippen LogP contribution in [0.15, 0.2) is 23.2 Å². The molecule has 0 aliphatic carbocycles. The summed E-state index contributed by atoms with van der Waals surface area (Å²) in [5.41, 5.74) is 0.762. The van der Waals surface area contributed by atoms with E-state index in [1.54, 1.807) is 25.3 Å². The van der Waals surface area contributed by atoms with E-state index in [-0.39, 0.29) is 5.44 Å². The fraction of sp³-hybridized carbons (Fsp3) is 0.300. The van der Waals surface area contributed by atoms with Gasteiger partial charge < -0.3 is 10.1 Å². The van der Waals surface area contributed by atoms with Crippen LogP contribution in [-0.4, -0.2) is 24.3 Å². The van der Waals surface area contributed by atoms with E-state index in [4.69, 9.17) is 27.9 Å². The average Bonchev–Trinajstić information content (AvgIpc) is 2.71. The predicted octanol–water partition coefficient (Wildman–Crippen LogP) is 3.48. The Hall–Kier alpha value is -0.420. The van der Waals surface area contributed by atoms with Crippen molar-refractivity contribution in [2.45, 2.75) is 5.44 Å². The average molecular weight is 277 g/mol. The Kier molecular flexibility index (Phi) is 3.97. The van der Waals surface area contributed by atoms with E-state index in [1.807, 2.05) is 0 Å². The third kappa shape index (κ3) is 2.63. The van der Waals surface area contributed by atoms with Crippen LogP contribution in [0.5, 0.6) is 0 Å². The van der Waals surface area contributed by atoms with Crippen LogP contribution in [0.3, 0.4) is 0 Å². The van der Waals surface area contributed by atoms with E-state index in [0.717, 1.165) is 5.17 Å². The number of rotatable bonds is 2. The molecular weight excluding hydrogens is 267 g/mol. The van der Waals surface area contributed by atoms with Gasteiger partial charge in [0.25, 0.3) is 0 Å². The number of amidine groups is 1. The molecule has 1 heterocycles. The van der Waals surface area contributed by atoms with Crippen LogP contribution in [0.25, 0.3) is 0 Å². The van der Waals surface area contributed by atoms with Crippen LogP contribution in [0.2, 0.25) is 10.0 Å². The number of anilines is 1. The number of methoxy groups -OCH3 is 1. The zero-order chi connectivity index (χ0) is 11.5. The maximum absolute atomic E-state index is 6.04. The Labute approximate surface area is 108 Å². The molecule has 0 fully saturated rings. The smallest absolute Gasteiger partial charge is 0.163 e. The highest BCUT2D eigenvalue weighted by Crippen LogP contribution is 2.32. The van der Waals surface area contributed by atoms with Crippen LogP contribution in [-0.2, 0) is 4.74 Å². The van der Waals surface area contributed by atoms with E-state index in [0.29, 0.717) is 22.3 Å². The van der Waals surface area contributed by atoms with Crippen molar-refractivity contribution >= 4 is 45.8 Å². The van der Waals surface area contributed by atoms with Crippen molar-refractivity contribution in [3.63, 3.8) is 0 Å². The number of ether oxygens (including phenoxy) is 1. The van der Waals surface area contributed by atoms with Crippen molar-refractivity contribution in [1.82, 2.24) is 0 Å². The van der Waals surface area contributed by atoms with Gasteiger partial charge in [-0.15, -0.1) is 0 Å². The molecule has 1 unspecified atom stereocenters. The summed E-state index contributed by atoms with van der Waals surface area (Å²) in [5, 5.41) is 5.05. The van der Waals surface area contributed by atoms with Crippen LogP contribution in [0, 0.1) is 0 Å². The summed E-state index contributed by atoms with van der Waals surface area (Å²) < 4.78 is 5.18. The second-order valence-electron chi connectivity index (χ2n) is 3.15. The van der Waals surface area contributed by atoms with Crippen molar-refractivity contribution in [2.75, 3.05) is 19.0 Å². The highest BCUT2D eigenvalue weighted by atomic mass is 35.5. The number of halogens is 2. The molecule has 0 saturated carbocycles. The lowest BCUT2D eigenvalue weighted by molar-refractivity contribution is 0.182. The monoisotopic (exact) mass is 276 g/mol. The zero-order valence-electron chi connectivity index (χ0n) is 8.54. The largest absolute Gasteiger partial charge is 0.368 e. The molecule has 0 amide bonds. The fourth-order valence-electron chi connectivity index (χ4n) is 1.27. The van der Waals surface area contributed by atoms with Gasteiger partial charge in [0.05, 0.1) is 22.3 Å². The highest BCUT2D eigenvalue weighted by molar-refractivity contribution is 8.14. The summed E-state index contributed by atoms with van der Waals surface area (Å²) in [4.78, 5) is 4.29. The van der Waals surface area contributed by atoms with Gasteiger partial charge in [0.15, 0.2) is 5.17 Å². The van der Waals surface area contributed by atoms with Gasteiger partial charge in [-0.05, 0) is 12.1 Å². The Morgan fingerprint density at radius 3 is 2.69 bits per heavy atom. The van der Waals surface area contributed by atoms with Gasteiger partial charge >= 0.3 is 0 Å². The van der Waals surface area contributed by atoms with Crippen LogP contribution < -0.4 is 5.32 Å². The molecule has 1 aromatic rings. The van der Waals surface area contributed by atoms with Crippen LogP contribution in [0.1, 0.15) is 0 Å². The summed E-state index contributed by atoms with van der Waals surface area (Å²) >= 11 is 13.6. The Morgan fingerprint density at radius 1 is 1.44 bits per heavy atom. The van der Waals surface area contributed by atoms with Gasteiger partial charge in [-0.2, -0.15) is 0 Å². The summed E-state index contributed by atoms with van der Waals surface area (Å²) in [5.74, 6) is 0. The van der Waals surface area contributed by atoms with Crippen LogP contribution in [0.4, 0.5) is 5.69 Å².